The monoisotopic (exact) mass is 994 g/mol. The van der Waals surface area contributed by atoms with E-state index < -0.39 is 81.3 Å². The number of pyridine rings is 1. The summed E-state index contributed by atoms with van der Waals surface area (Å²) >= 11 is 7.21. The zero-order valence-corrected chi connectivity index (χ0v) is 40.1. The Balaban J connectivity index is 1.12. The standard InChI is InChI=1S/C51H53ClF6N6O6/c1-48(2,3)70-46(65)37-30-11-16-33(37)35-24-68-44-39-43(60-47(61-45(39)64(35)23-30)69-27-49-19-6-20-63(49)26-50(54,55)25-49)41(53)38(40(44)52)42-34(51(56,57)58)17-18-36(59-42)62(21-28-7-12-31(66-4)13-8-28)22-29-9-14-32(67-5)15-10-29/h7-10,12-15,17-18,30,33,35,37H,6,11,16,19-27H2,1-5H3/t30-,33+,35-,37?,49-/m1/s1. The lowest BCUT2D eigenvalue weighted by atomic mass is 9.80. The van der Waals surface area contributed by atoms with E-state index in [2.05, 4.69) is 9.97 Å². The summed E-state index contributed by atoms with van der Waals surface area (Å²) in [5.74, 6) is -4.30. The highest BCUT2D eigenvalue weighted by molar-refractivity contribution is 6.36. The second-order valence-electron chi connectivity index (χ2n) is 20.2. The Morgan fingerprint density at radius 2 is 1.60 bits per heavy atom. The second-order valence-corrected chi connectivity index (χ2v) is 20.5. The average Bonchev–Trinajstić information content (AvgIpc) is 3.89. The van der Waals surface area contributed by atoms with Crippen molar-refractivity contribution >= 4 is 40.1 Å². The molecule has 2 aromatic heterocycles. The molecule has 0 radical (unpaired) electrons. The molecule has 19 heteroatoms. The fraction of sp³-hybridized carbons (Fsp3) is 0.490. The molecule has 1 unspecified atom stereocenters. The molecule has 1 saturated carbocycles. The molecule has 70 heavy (non-hydrogen) atoms. The molecule has 5 atom stereocenters. The molecule has 3 aromatic carbocycles. The average molecular weight is 995 g/mol. The minimum atomic E-state index is -5.05. The number of fused-ring (bicyclic) bond motifs is 6. The lowest BCUT2D eigenvalue weighted by molar-refractivity contribution is -0.164. The molecule has 4 aliphatic heterocycles. The SMILES string of the molecule is COc1ccc(CN(Cc2ccc(OC)cc2)c2ccc(C(F)(F)F)c(-c3c(Cl)c4c5c(nc(OC[C@]67CCCN6CC(F)(F)C7)nc5c3F)N3C[C@H]5CC[C@H](C5C(=O)OC(C)(C)C)[C@H]3CO4)n2)cc1. The predicted molar refractivity (Wildman–Crippen MR) is 249 cm³/mol. The number of anilines is 2. The van der Waals surface area contributed by atoms with E-state index in [9.17, 15) is 13.6 Å². The van der Waals surface area contributed by atoms with E-state index in [0.717, 1.165) is 17.2 Å². The van der Waals surface area contributed by atoms with Gasteiger partial charge < -0.3 is 33.5 Å². The maximum absolute atomic E-state index is 18.0. The summed E-state index contributed by atoms with van der Waals surface area (Å²) in [6.07, 6.45) is -3.09. The van der Waals surface area contributed by atoms with Gasteiger partial charge in [-0.1, -0.05) is 35.9 Å². The number of aromatic nitrogens is 3. The van der Waals surface area contributed by atoms with E-state index in [1.807, 2.05) is 29.2 Å². The minimum Gasteiger partial charge on any atom is -0.497 e. The molecule has 12 nitrogen and oxygen atoms in total. The third-order valence-electron chi connectivity index (χ3n) is 14.5. The molecule has 0 spiro atoms. The Kier molecular flexibility index (Phi) is 12.2. The van der Waals surface area contributed by atoms with Crippen LogP contribution in [0.3, 0.4) is 0 Å². The number of hydrogen-bond donors (Lipinski definition) is 0. The van der Waals surface area contributed by atoms with E-state index in [4.69, 9.17) is 40.3 Å². The highest BCUT2D eigenvalue weighted by Gasteiger charge is 2.58. The molecule has 5 aliphatic rings. The molecule has 5 aromatic rings. The molecule has 0 N–H and O–H groups in total. The summed E-state index contributed by atoms with van der Waals surface area (Å²) in [5, 5.41) is -0.493. The number of methoxy groups -OCH3 is 2. The lowest BCUT2D eigenvalue weighted by Crippen LogP contribution is -2.55. The van der Waals surface area contributed by atoms with Crippen LogP contribution < -0.4 is 28.7 Å². The number of alkyl halides is 5. The Bertz CT molecular complexity index is 2760. The first-order chi connectivity index (χ1) is 33.2. The van der Waals surface area contributed by atoms with Crippen molar-refractivity contribution in [3.05, 3.63) is 88.2 Å². The molecule has 0 amide bonds. The molecular weight excluding hydrogens is 942 g/mol. The zero-order valence-electron chi connectivity index (χ0n) is 39.3. The fourth-order valence-corrected chi connectivity index (χ4v) is 11.7. The Labute approximate surface area is 406 Å². The van der Waals surface area contributed by atoms with Crippen LogP contribution in [0.4, 0.5) is 38.0 Å². The number of carbonyl (C=O) groups excluding carboxylic acids is 1. The van der Waals surface area contributed by atoms with Gasteiger partial charge in [0.25, 0.3) is 5.92 Å². The van der Waals surface area contributed by atoms with Gasteiger partial charge >= 0.3 is 18.2 Å². The normalized spacial score (nSPS) is 23.6. The van der Waals surface area contributed by atoms with Gasteiger partial charge in [0.2, 0.25) is 0 Å². The van der Waals surface area contributed by atoms with E-state index >= 15 is 17.6 Å². The van der Waals surface area contributed by atoms with Crippen molar-refractivity contribution in [1.82, 2.24) is 19.9 Å². The first-order valence-electron chi connectivity index (χ1n) is 23.4. The minimum absolute atomic E-state index is 0.00498. The number of hydrogen-bond acceptors (Lipinski definition) is 12. The van der Waals surface area contributed by atoms with Crippen molar-refractivity contribution in [3.63, 3.8) is 0 Å². The van der Waals surface area contributed by atoms with Crippen LogP contribution in [0.2, 0.25) is 5.02 Å². The van der Waals surface area contributed by atoms with Crippen LogP contribution in [0, 0.1) is 23.6 Å². The highest BCUT2D eigenvalue weighted by atomic mass is 35.5. The maximum Gasteiger partial charge on any atom is 0.418 e. The molecule has 372 valence electrons. The number of carbonyl (C=O) groups is 1. The number of esters is 1. The smallest absolute Gasteiger partial charge is 0.418 e. The summed E-state index contributed by atoms with van der Waals surface area (Å²) in [4.78, 5) is 33.2. The molecule has 2 bridgehead atoms. The summed E-state index contributed by atoms with van der Waals surface area (Å²) in [5.41, 5.74) is -3.48. The van der Waals surface area contributed by atoms with Crippen molar-refractivity contribution in [2.75, 3.05) is 56.9 Å². The van der Waals surface area contributed by atoms with Crippen LogP contribution in [0.1, 0.15) is 69.6 Å². The molecule has 6 heterocycles. The van der Waals surface area contributed by atoms with Crippen molar-refractivity contribution in [2.24, 2.45) is 17.8 Å². The Morgan fingerprint density at radius 1 is 0.929 bits per heavy atom. The second kappa shape index (κ2) is 17.8. The number of rotatable bonds is 12. The van der Waals surface area contributed by atoms with Crippen molar-refractivity contribution in [3.8, 4) is 34.5 Å². The number of halogens is 7. The van der Waals surface area contributed by atoms with E-state index in [1.54, 1.807) is 54.8 Å². The van der Waals surface area contributed by atoms with Crippen molar-refractivity contribution < 1.29 is 54.8 Å². The highest BCUT2D eigenvalue weighted by Crippen LogP contribution is 2.55. The van der Waals surface area contributed by atoms with Crippen LogP contribution in [0.5, 0.6) is 23.3 Å². The maximum atomic E-state index is 18.0. The summed E-state index contributed by atoms with van der Waals surface area (Å²) in [7, 11) is 3.08. The molecule has 4 fully saturated rings. The predicted octanol–water partition coefficient (Wildman–Crippen LogP) is 10.5. The van der Waals surface area contributed by atoms with Gasteiger partial charge in [-0.25, -0.2) is 18.2 Å². The number of nitrogens with zero attached hydrogens (tertiary/aromatic N) is 6. The van der Waals surface area contributed by atoms with E-state index in [-0.39, 0.29) is 79.4 Å². The summed E-state index contributed by atoms with van der Waals surface area (Å²) in [6.45, 7) is 5.67. The van der Waals surface area contributed by atoms with Gasteiger partial charge in [-0.05, 0) is 112 Å². The van der Waals surface area contributed by atoms with Crippen LogP contribution in [-0.4, -0.2) is 96.0 Å². The first-order valence-corrected chi connectivity index (χ1v) is 23.8. The summed E-state index contributed by atoms with van der Waals surface area (Å²) in [6, 6.07) is 15.5. The number of ether oxygens (including phenoxy) is 5. The summed E-state index contributed by atoms with van der Waals surface area (Å²) < 4.78 is 123. The third-order valence-corrected chi connectivity index (χ3v) is 14.9. The molecule has 10 rings (SSSR count). The van der Waals surface area contributed by atoms with Crippen LogP contribution in [0.25, 0.3) is 22.2 Å². The molecule has 3 saturated heterocycles. The molecular formula is C51H53ClF6N6O6. The Hall–Kier alpha value is -5.75. The zero-order chi connectivity index (χ0) is 49.5. The van der Waals surface area contributed by atoms with Gasteiger partial charge in [-0.3, -0.25) is 9.69 Å². The van der Waals surface area contributed by atoms with Crippen LogP contribution >= 0.6 is 11.6 Å². The topological polar surface area (TPSA) is 112 Å². The van der Waals surface area contributed by atoms with E-state index in [1.165, 1.54) is 20.3 Å². The fourth-order valence-electron chi connectivity index (χ4n) is 11.4. The largest absolute Gasteiger partial charge is 0.497 e. The Morgan fingerprint density at radius 3 is 2.23 bits per heavy atom. The third kappa shape index (κ3) is 8.87. The first kappa shape index (κ1) is 47.9. The van der Waals surface area contributed by atoms with Crippen molar-refractivity contribution in [1.29, 1.82) is 0 Å². The quantitative estimate of drug-likeness (QED) is 0.0876. The van der Waals surface area contributed by atoms with Gasteiger partial charge in [-0.15, -0.1) is 0 Å². The van der Waals surface area contributed by atoms with Gasteiger partial charge in [0.05, 0.1) is 65.5 Å². The van der Waals surface area contributed by atoms with Crippen LogP contribution in [0.15, 0.2) is 60.7 Å². The number of piperidine rings is 1. The van der Waals surface area contributed by atoms with Gasteiger partial charge in [-0.2, -0.15) is 23.1 Å². The molecule has 1 aliphatic carbocycles. The van der Waals surface area contributed by atoms with Crippen molar-refractivity contribution in [2.45, 2.75) is 95.2 Å². The van der Waals surface area contributed by atoms with Gasteiger partial charge in [0, 0.05) is 26.1 Å². The number of benzene rings is 3. The lowest BCUT2D eigenvalue weighted by Gasteiger charge is -2.43. The van der Waals surface area contributed by atoms with Crippen LogP contribution in [-0.2, 0) is 28.8 Å². The van der Waals surface area contributed by atoms with E-state index in [0.29, 0.717) is 43.7 Å². The van der Waals surface area contributed by atoms with Gasteiger partial charge in [0.15, 0.2) is 11.6 Å². The van der Waals surface area contributed by atoms with Gasteiger partial charge in [0.1, 0.15) is 47.5 Å².